The zero-order valence-corrected chi connectivity index (χ0v) is 15.3. The van der Waals surface area contributed by atoms with Crippen molar-refractivity contribution >= 4 is 15.7 Å². The van der Waals surface area contributed by atoms with Crippen LogP contribution in [0.25, 0.3) is 0 Å². The van der Waals surface area contributed by atoms with Gasteiger partial charge in [0.1, 0.15) is 22.3 Å². The number of nitrogens with zero attached hydrogens (tertiary/aromatic N) is 2. The van der Waals surface area contributed by atoms with E-state index in [0.29, 0.717) is 12.3 Å². The second kappa shape index (κ2) is 7.20. The third-order valence-electron chi connectivity index (χ3n) is 4.49. The molecule has 0 aliphatic carbocycles. The highest BCUT2D eigenvalue weighted by Gasteiger charge is 2.34. The molecule has 0 radical (unpaired) electrons. The van der Waals surface area contributed by atoms with E-state index in [1.807, 2.05) is 31.2 Å². The van der Waals surface area contributed by atoms with Gasteiger partial charge in [-0.05, 0) is 37.3 Å². The second-order valence-corrected chi connectivity index (χ2v) is 8.09. The fourth-order valence-electron chi connectivity index (χ4n) is 3.13. The maximum absolute atomic E-state index is 13.9. The number of methoxy groups -OCH3 is 1. The van der Waals surface area contributed by atoms with E-state index in [9.17, 15) is 17.2 Å². The molecule has 1 heterocycles. The van der Waals surface area contributed by atoms with Crippen molar-refractivity contribution in [3.63, 3.8) is 0 Å². The topological polar surface area (TPSA) is 49.9 Å². The lowest BCUT2D eigenvalue weighted by Crippen LogP contribution is -2.53. The summed E-state index contributed by atoms with van der Waals surface area (Å²) in [6.45, 7) is 2.68. The van der Waals surface area contributed by atoms with Crippen LogP contribution in [0.1, 0.15) is 6.92 Å². The molecule has 1 atom stereocenters. The molecule has 0 spiro atoms. The maximum atomic E-state index is 13.9. The molecule has 3 rings (SSSR count). The molecule has 1 fully saturated rings. The first kappa shape index (κ1) is 18.6. The molecule has 1 aliphatic rings. The minimum atomic E-state index is -4.10. The van der Waals surface area contributed by atoms with E-state index in [-0.39, 0.29) is 19.1 Å². The number of hydrogen-bond acceptors (Lipinski definition) is 4. The van der Waals surface area contributed by atoms with Gasteiger partial charge in [-0.1, -0.05) is 6.07 Å². The minimum absolute atomic E-state index is 0.137. The van der Waals surface area contributed by atoms with Crippen molar-refractivity contribution < 1.29 is 21.9 Å². The first-order chi connectivity index (χ1) is 12.3. The van der Waals surface area contributed by atoms with E-state index in [1.54, 1.807) is 7.11 Å². The van der Waals surface area contributed by atoms with Crippen LogP contribution in [-0.2, 0) is 10.0 Å². The van der Waals surface area contributed by atoms with Gasteiger partial charge in [0.2, 0.25) is 10.0 Å². The SMILES string of the molecule is COc1cccc(N2CCN(S(=O)(=O)c3cc(F)ccc3F)C[C@H]2C)c1. The Morgan fingerprint density at radius 1 is 1.12 bits per heavy atom. The van der Waals surface area contributed by atoms with E-state index >= 15 is 0 Å². The van der Waals surface area contributed by atoms with Gasteiger partial charge >= 0.3 is 0 Å². The van der Waals surface area contributed by atoms with Crippen LogP contribution >= 0.6 is 0 Å². The Kier molecular flexibility index (Phi) is 5.15. The third-order valence-corrected chi connectivity index (χ3v) is 6.37. The molecule has 0 amide bonds. The summed E-state index contributed by atoms with van der Waals surface area (Å²) in [6.07, 6.45) is 0. The predicted molar refractivity (Wildman–Crippen MR) is 94.9 cm³/mol. The van der Waals surface area contributed by atoms with Gasteiger partial charge in [-0.15, -0.1) is 0 Å². The lowest BCUT2D eigenvalue weighted by atomic mass is 10.1. The van der Waals surface area contributed by atoms with Crippen LogP contribution in [0.15, 0.2) is 47.4 Å². The van der Waals surface area contributed by atoms with E-state index in [2.05, 4.69) is 4.90 Å². The highest BCUT2D eigenvalue weighted by atomic mass is 32.2. The van der Waals surface area contributed by atoms with Crippen LogP contribution in [0.2, 0.25) is 0 Å². The normalized spacial score (nSPS) is 18.8. The molecule has 0 bridgehead atoms. The van der Waals surface area contributed by atoms with Crippen LogP contribution in [0, 0.1) is 11.6 Å². The molecule has 8 heteroatoms. The summed E-state index contributed by atoms with van der Waals surface area (Å²) in [6, 6.07) is 9.83. The van der Waals surface area contributed by atoms with E-state index in [4.69, 9.17) is 4.74 Å². The van der Waals surface area contributed by atoms with Gasteiger partial charge in [-0.25, -0.2) is 17.2 Å². The van der Waals surface area contributed by atoms with E-state index < -0.39 is 26.6 Å². The van der Waals surface area contributed by atoms with Crippen molar-refractivity contribution in [1.82, 2.24) is 4.31 Å². The van der Waals surface area contributed by atoms with Gasteiger partial charge in [0.15, 0.2) is 0 Å². The number of anilines is 1. The second-order valence-electron chi connectivity index (χ2n) is 6.18. The summed E-state index contributed by atoms with van der Waals surface area (Å²) in [5.74, 6) is -1.02. The molecule has 0 saturated carbocycles. The van der Waals surface area contributed by atoms with Crippen molar-refractivity contribution in [2.45, 2.75) is 17.9 Å². The summed E-state index contributed by atoms with van der Waals surface area (Å²) in [5.41, 5.74) is 0.922. The number of ether oxygens (including phenoxy) is 1. The molecule has 5 nitrogen and oxygen atoms in total. The summed E-state index contributed by atoms with van der Waals surface area (Å²) in [5, 5.41) is 0. The Labute approximate surface area is 151 Å². The van der Waals surface area contributed by atoms with Gasteiger partial charge < -0.3 is 9.64 Å². The predicted octanol–water partition coefficient (Wildman–Crippen LogP) is 2.87. The number of halogens is 2. The Bertz CT molecular complexity index is 905. The van der Waals surface area contributed by atoms with Gasteiger partial charge in [0, 0.05) is 37.4 Å². The molecule has 0 N–H and O–H groups in total. The van der Waals surface area contributed by atoms with Crippen LogP contribution < -0.4 is 9.64 Å². The minimum Gasteiger partial charge on any atom is -0.497 e. The van der Waals surface area contributed by atoms with Crippen molar-refractivity contribution in [1.29, 1.82) is 0 Å². The summed E-state index contributed by atoms with van der Waals surface area (Å²) in [7, 11) is -2.52. The van der Waals surface area contributed by atoms with E-state index in [1.165, 1.54) is 4.31 Å². The van der Waals surface area contributed by atoms with Crippen LogP contribution in [0.3, 0.4) is 0 Å². The molecule has 140 valence electrons. The van der Waals surface area contributed by atoms with Crippen molar-refractivity contribution in [3.8, 4) is 5.75 Å². The number of piperazine rings is 1. The molecule has 2 aromatic rings. The van der Waals surface area contributed by atoms with Gasteiger partial charge in [0.05, 0.1) is 7.11 Å². The first-order valence-corrected chi connectivity index (χ1v) is 9.63. The maximum Gasteiger partial charge on any atom is 0.246 e. The average molecular weight is 382 g/mol. The molecule has 1 aliphatic heterocycles. The van der Waals surface area contributed by atoms with Crippen LogP contribution in [0.5, 0.6) is 5.75 Å². The first-order valence-electron chi connectivity index (χ1n) is 8.19. The number of hydrogen-bond donors (Lipinski definition) is 0. The fraction of sp³-hybridized carbons (Fsp3) is 0.333. The lowest BCUT2D eigenvalue weighted by Gasteiger charge is -2.40. The van der Waals surface area contributed by atoms with Gasteiger partial charge in [0.25, 0.3) is 0 Å². The van der Waals surface area contributed by atoms with Gasteiger partial charge in [-0.3, -0.25) is 0 Å². The van der Waals surface area contributed by atoms with Crippen LogP contribution in [0.4, 0.5) is 14.5 Å². The van der Waals surface area contributed by atoms with Crippen molar-refractivity contribution in [2.24, 2.45) is 0 Å². The number of rotatable bonds is 4. The molecular formula is C18H20F2N2O3S. The lowest BCUT2D eigenvalue weighted by molar-refractivity contribution is 0.340. The standard InChI is InChI=1S/C18H20F2N2O3S/c1-13-12-21(26(23,24)18-10-14(19)6-7-17(18)20)8-9-22(13)15-4-3-5-16(11-15)25-2/h3-7,10-11,13H,8-9,12H2,1-2H3/t13-/m1/s1. The molecule has 26 heavy (non-hydrogen) atoms. The number of sulfonamides is 1. The average Bonchev–Trinajstić information content (AvgIpc) is 2.63. The smallest absolute Gasteiger partial charge is 0.246 e. The van der Waals surface area contributed by atoms with Crippen LogP contribution in [-0.4, -0.2) is 45.5 Å². The van der Waals surface area contributed by atoms with Gasteiger partial charge in [-0.2, -0.15) is 4.31 Å². The highest BCUT2D eigenvalue weighted by Crippen LogP contribution is 2.28. The summed E-state index contributed by atoms with van der Waals surface area (Å²) < 4.78 is 59.2. The fourth-order valence-corrected chi connectivity index (χ4v) is 4.72. The molecule has 0 unspecified atom stereocenters. The quantitative estimate of drug-likeness (QED) is 0.816. The summed E-state index contributed by atoms with van der Waals surface area (Å²) >= 11 is 0. The van der Waals surface area contributed by atoms with Crippen molar-refractivity contribution in [3.05, 3.63) is 54.1 Å². The molecule has 0 aromatic heterocycles. The monoisotopic (exact) mass is 382 g/mol. The largest absolute Gasteiger partial charge is 0.497 e. The Morgan fingerprint density at radius 3 is 2.58 bits per heavy atom. The Morgan fingerprint density at radius 2 is 1.88 bits per heavy atom. The molecular weight excluding hydrogens is 362 g/mol. The summed E-state index contributed by atoms with van der Waals surface area (Å²) in [4.78, 5) is 1.44. The zero-order chi connectivity index (χ0) is 18.9. The molecule has 2 aromatic carbocycles. The Hall–Kier alpha value is -2.19. The molecule has 1 saturated heterocycles. The number of benzene rings is 2. The third kappa shape index (κ3) is 3.52. The Balaban J connectivity index is 1.82. The zero-order valence-electron chi connectivity index (χ0n) is 14.5. The highest BCUT2D eigenvalue weighted by molar-refractivity contribution is 7.89. The van der Waals surface area contributed by atoms with Crippen molar-refractivity contribution in [2.75, 3.05) is 31.6 Å². The van der Waals surface area contributed by atoms with E-state index in [0.717, 1.165) is 23.9 Å².